The van der Waals surface area contributed by atoms with Crippen LogP contribution in [0.4, 0.5) is 4.39 Å². The van der Waals surface area contributed by atoms with Crippen molar-refractivity contribution in [2.24, 2.45) is 5.73 Å². The topological polar surface area (TPSA) is 84.4 Å². The van der Waals surface area contributed by atoms with E-state index in [0.29, 0.717) is 11.0 Å². The van der Waals surface area contributed by atoms with Crippen LogP contribution in [0, 0.1) is 5.82 Å². The van der Waals surface area contributed by atoms with Gasteiger partial charge in [-0.3, -0.25) is 14.7 Å². The second-order valence-corrected chi connectivity index (χ2v) is 7.15. The van der Waals surface area contributed by atoms with Crippen molar-refractivity contribution in [1.29, 1.82) is 0 Å². The highest BCUT2D eigenvalue weighted by atomic mass is 35.5. The molecule has 0 spiro atoms. The number of nitrogens with zero attached hydrogens (tertiary/aromatic N) is 3. The van der Waals surface area contributed by atoms with Crippen molar-refractivity contribution in [1.82, 2.24) is 14.5 Å². The molecule has 0 unspecified atom stereocenters. The molecule has 0 aliphatic carbocycles. The number of pyridine rings is 2. The van der Waals surface area contributed by atoms with Gasteiger partial charge in [0.25, 0.3) is 5.56 Å². The monoisotopic (exact) mass is 352 g/mol. The van der Waals surface area contributed by atoms with Crippen LogP contribution in [-0.4, -0.2) is 45.2 Å². The summed E-state index contributed by atoms with van der Waals surface area (Å²) in [5.74, 6) is -0.605. The molecule has 4 heterocycles. The summed E-state index contributed by atoms with van der Waals surface area (Å²) in [5.41, 5.74) is 4.87. The van der Waals surface area contributed by atoms with Gasteiger partial charge in [0.15, 0.2) is 0 Å². The Bertz CT molecular complexity index is 878. The first-order chi connectivity index (χ1) is 11.4. The lowest BCUT2D eigenvalue weighted by Gasteiger charge is -2.35. The first-order valence-electron chi connectivity index (χ1n) is 7.97. The number of piperidine rings is 1. The number of hydrogen-bond acceptors (Lipinski definition) is 5. The Morgan fingerprint density at radius 1 is 1.46 bits per heavy atom. The Kier molecular flexibility index (Phi) is 3.65. The molecule has 0 aromatic carbocycles. The minimum atomic E-state index is -1.48. The molecule has 2 aromatic heterocycles. The van der Waals surface area contributed by atoms with Crippen molar-refractivity contribution in [3.63, 3.8) is 0 Å². The number of aromatic nitrogens is 2. The van der Waals surface area contributed by atoms with Crippen molar-refractivity contribution >= 4 is 22.6 Å². The van der Waals surface area contributed by atoms with Crippen molar-refractivity contribution in [2.75, 3.05) is 19.6 Å². The number of β-amino-alcohol motifs (C(OH)–C–C–N with tert-alkyl or cyclic N) is 1. The molecule has 0 saturated carbocycles. The SMILES string of the molecule is NC1CCN(C[C@@]2(O)Cn3c(=O)c(Cl)cc4ncc(F)c2c43)CC1. The fourth-order valence-electron chi connectivity index (χ4n) is 3.83. The second kappa shape index (κ2) is 5.49. The molecule has 4 rings (SSSR count). The summed E-state index contributed by atoms with van der Waals surface area (Å²) in [6.45, 7) is 1.70. The van der Waals surface area contributed by atoms with E-state index in [4.69, 9.17) is 17.3 Å². The molecule has 3 N–H and O–H groups in total. The van der Waals surface area contributed by atoms with E-state index in [2.05, 4.69) is 9.88 Å². The quantitative estimate of drug-likeness (QED) is 0.835. The van der Waals surface area contributed by atoms with Gasteiger partial charge in [-0.1, -0.05) is 11.6 Å². The maximum absolute atomic E-state index is 14.5. The average Bonchev–Trinajstić information content (AvgIpc) is 2.85. The summed E-state index contributed by atoms with van der Waals surface area (Å²) in [4.78, 5) is 18.4. The van der Waals surface area contributed by atoms with Gasteiger partial charge in [0.2, 0.25) is 0 Å². The minimum absolute atomic E-state index is 0.0146. The Labute approximate surface area is 142 Å². The highest BCUT2D eigenvalue weighted by Gasteiger charge is 2.43. The third kappa shape index (κ3) is 2.35. The third-order valence-electron chi connectivity index (χ3n) is 5.02. The molecule has 128 valence electrons. The highest BCUT2D eigenvalue weighted by Crippen LogP contribution is 2.38. The van der Waals surface area contributed by atoms with Crippen LogP contribution in [0.15, 0.2) is 17.1 Å². The lowest BCUT2D eigenvalue weighted by molar-refractivity contribution is -0.0150. The molecule has 1 saturated heterocycles. The van der Waals surface area contributed by atoms with Gasteiger partial charge >= 0.3 is 0 Å². The predicted molar refractivity (Wildman–Crippen MR) is 88.5 cm³/mol. The number of likely N-dealkylation sites (tertiary alicyclic amines) is 1. The van der Waals surface area contributed by atoms with E-state index in [0.717, 1.165) is 32.1 Å². The Balaban J connectivity index is 1.80. The van der Waals surface area contributed by atoms with Gasteiger partial charge in [-0.05, 0) is 32.0 Å². The van der Waals surface area contributed by atoms with E-state index in [9.17, 15) is 14.3 Å². The molecule has 1 fully saturated rings. The van der Waals surface area contributed by atoms with Crippen LogP contribution in [0.2, 0.25) is 5.02 Å². The molecule has 2 aliphatic heterocycles. The molecule has 24 heavy (non-hydrogen) atoms. The van der Waals surface area contributed by atoms with E-state index in [1.807, 2.05) is 0 Å². The van der Waals surface area contributed by atoms with Crippen LogP contribution in [0.5, 0.6) is 0 Å². The van der Waals surface area contributed by atoms with Gasteiger partial charge in [0.1, 0.15) is 16.4 Å². The van der Waals surface area contributed by atoms with Crippen LogP contribution in [0.1, 0.15) is 18.4 Å². The van der Waals surface area contributed by atoms with Gasteiger partial charge < -0.3 is 15.4 Å². The molecule has 2 aromatic rings. The molecule has 1 atom stereocenters. The predicted octanol–water partition coefficient (Wildman–Crippen LogP) is 0.813. The number of nitrogens with two attached hydrogens (primary N) is 1. The second-order valence-electron chi connectivity index (χ2n) is 6.74. The van der Waals surface area contributed by atoms with E-state index in [-0.39, 0.29) is 29.7 Å². The zero-order chi connectivity index (χ0) is 17.1. The molecule has 0 amide bonds. The van der Waals surface area contributed by atoms with Crippen LogP contribution in [0.3, 0.4) is 0 Å². The first-order valence-corrected chi connectivity index (χ1v) is 8.35. The lowest BCUT2D eigenvalue weighted by atomic mass is 9.93. The number of hydrogen-bond donors (Lipinski definition) is 2. The van der Waals surface area contributed by atoms with E-state index in [1.165, 1.54) is 10.6 Å². The van der Waals surface area contributed by atoms with E-state index < -0.39 is 17.0 Å². The Morgan fingerprint density at radius 3 is 2.88 bits per heavy atom. The van der Waals surface area contributed by atoms with Crippen LogP contribution < -0.4 is 11.3 Å². The fourth-order valence-corrected chi connectivity index (χ4v) is 4.03. The maximum atomic E-state index is 14.5. The third-order valence-corrected chi connectivity index (χ3v) is 5.29. The summed E-state index contributed by atoms with van der Waals surface area (Å²) in [6.07, 6.45) is 2.75. The standard InChI is InChI=1S/C16H18ClFN4O2/c17-10-5-12-14-13(11(18)6-20-12)16(24,8-22(14)15(10)23)7-21-3-1-9(19)2-4-21/h5-6,9,24H,1-4,7-8,19H2/t16-/m1/s1. The van der Waals surface area contributed by atoms with Crippen LogP contribution >= 0.6 is 11.6 Å². The minimum Gasteiger partial charge on any atom is -0.382 e. The average molecular weight is 353 g/mol. The maximum Gasteiger partial charge on any atom is 0.270 e. The fraction of sp³-hybridized carbons (Fsp3) is 0.500. The van der Waals surface area contributed by atoms with Gasteiger partial charge in [-0.2, -0.15) is 0 Å². The summed E-state index contributed by atoms with van der Waals surface area (Å²) in [7, 11) is 0. The molecule has 8 heteroatoms. The smallest absolute Gasteiger partial charge is 0.270 e. The van der Waals surface area contributed by atoms with Gasteiger partial charge in [-0.15, -0.1) is 0 Å². The Morgan fingerprint density at radius 2 is 2.17 bits per heavy atom. The Hall–Kier alpha value is -1.54. The molecule has 0 bridgehead atoms. The molecular weight excluding hydrogens is 335 g/mol. The normalized spacial score (nSPS) is 24.8. The molecule has 2 aliphatic rings. The molecular formula is C16H18ClFN4O2. The zero-order valence-electron chi connectivity index (χ0n) is 13.0. The van der Waals surface area contributed by atoms with Crippen molar-refractivity contribution in [2.45, 2.75) is 31.0 Å². The van der Waals surface area contributed by atoms with Gasteiger partial charge in [0, 0.05) is 12.6 Å². The van der Waals surface area contributed by atoms with Crippen LogP contribution in [0.25, 0.3) is 11.0 Å². The zero-order valence-corrected chi connectivity index (χ0v) is 13.8. The van der Waals surface area contributed by atoms with Crippen LogP contribution in [-0.2, 0) is 12.1 Å². The van der Waals surface area contributed by atoms with Crippen molar-refractivity contribution in [3.05, 3.63) is 39.0 Å². The van der Waals surface area contributed by atoms with Crippen molar-refractivity contribution < 1.29 is 9.50 Å². The summed E-state index contributed by atoms with van der Waals surface area (Å²) < 4.78 is 15.8. The molecule has 6 nitrogen and oxygen atoms in total. The van der Waals surface area contributed by atoms with Gasteiger partial charge in [-0.25, -0.2) is 4.39 Å². The highest BCUT2D eigenvalue weighted by molar-refractivity contribution is 6.31. The largest absolute Gasteiger partial charge is 0.382 e. The molecule has 0 radical (unpaired) electrons. The number of rotatable bonds is 2. The van der Waals surface area contributed by atoms with Gasteiger partial charge in [0.05, 0.1) is 29.3 Å². The summed E-state index contributed by atoms with van der Waals surface area (Å²) in [5, 5.41) is 11.2. The van der Waals surface area contributed by atoms with E-state index in [1.54, 1.807) is 0 Å². The summed E-state index contributed by atoms with van der Waals surface area (Å²) in [6, 6.07) is 1.59. The van der Waals surface area contributed by atoms with Crippen molar-refractivity contribution in [3.8, 4) is 0 Å². The number of halogens is 2. The first kappa shape index (κ1) is 16.0. The lowest BCUT2D eigenvalue weighted by Crippen LogP contribution is -2.47. The number of aliphatic hydroxyl groups is 1. The summed E-state index contributed by atoms with van der Waals surface area (Å²) >= 11 is 5.96. The van der Waals surface area contributed by atoms with E-state index >= 15 is 0 Å².